The Morgan fingerprint density at radius 2 is 1.85 bits per heavy atom. The van der Waals surface area contributed by atoms with Crippen LogP contribution < -0.4 is 15.4 Å². The summed E-state index contributed by atoms with van der Waals surface area (Å²) < 4.78 is 26.1. The van der Waals surface area contributed by atoms with Crippen LogP contribution in [0.1, 0.15) is 37.2 Å². The quantitative estimate of drug-likeness (QED) is 0.266. The second kappa shape index (κ2) is 12.3. The van der Waals surface area contributed by atoms with Gasteiger partial charge in [-0.1, -0.05) is 38.1 Å². The number of nitrogens with one attached hydrogen (secondary N) is 3. The standard InChI is InChI=1S/C25H31N5O8S/c1-14(2)21(28-24(35)22-18-7-5-4-6-15(18)8-9-26-22)25(36)30-12-16(29-39(3,37)38)10-19(30)23(34)27-17(13-31)11-20(32)33/h4-9,13-14,16-17,19,21,29H,10-12H2,1-3H3,(H,27,34)(H,28,35)(H,32,33)/t16-,17+,19+,21+/m1/s1. The van der Waals surface area contributed by atoms with Crippen LogP contribution in [0, 0.1) is 5.92 Å². The summed E-state index contributed by atoms with van der Waals surface area (Å²) in [6.45, 7) is 3.22. The molecule has 1 fully saturated rings. The Labute approximate surface area is 225 Å². The molecule has 0 spiro atoms. The number of likely N-dealkylation sites (tertiary alicyclic amines) is 1. The van der Waals surface area contributed by atoms with Crippen molar-refractivity contribution in [3.05, 3.63) is 42.2 Å². The molecule has 0 bridgehead atoms. The van der Waals surface area contributed by atoms with E-state index < -0.39 is 70.2 Å². The molecule has 14 heteroatoms. The summed E-state index contributed by atoms with van der Waals surface area (Å²) in [5, 5.41) is 15.4. The van der Waals surface area contributed by atoms with Crippen LogP contribution in [0.3, 0.4) is 0 Å². The number of hydrogen-bond acceptors (Lipinski definition) is 8. The number of carboxylic acid groups (broad SMARTS) is 1. The molecule has 0 saturated carbocycles. The van der Waals surface area contributed by atoms with E-state index in [4.69, 9.17) is 5.11 Å². The van der Waals surface area contributed by atoms with Crippen molar-refractivity contribution in [1.82, 2.24) is 25.2 Å². The Hall–Kier alpha value is -3.91. The van der Waals surface area contributed by atoms with Gasteiger partial charge in [-0.2, -0.15) is 0 Å². The van der Waals surface area contributed by atoms with E-state index in [-0.39, 0.29) is 24.9 Å². The van der Waals surface area contributed by atoms with Crippen molar-refractivity contribution in [1.29, 1.82) is 0 Å². The number of sulfonamides is 1. The van der Waals surface area contributed by atoms with Gasteiger partial charge >= 0.3 is 5.97 Å². The van der Waals surface area contributed by atoms with Crippen molar-refractivity contribution in [2.24, 2.45) is 5.92 Å². The number of nitrogens with zero attached hydrogens (tertiary/aromatic N) is 2. The molecule has 0 unspecified atom stereocenters. The summed E-state index contributed by atoms with van der Waals surface area (Å²) in [5.74, 6) is -3.81. The van der Waals surface area contributed by atoms with Gasteiger partial charge in [-0.15, -0.1) is 0 Å². The van der Waals surface area contributed by atoms with Crippen molar-refractivity contribution >= 4 is 50.8 Å². The molecule has 210 valence electrons. The highest BCUT2D eigenvalue weighted by Crippen LogP contribution is 2.23. The zero-order valence-electron chi connectivity index (χ0n) is 21.7. The Kier molecular flexibility index (Phi) is 9.35. The maximum absolute atomic E-state index is 13.7. The van der Waals surface area contributed by atoms with Crippen LogP contribution in [0.25, 0.3) is 10.8 Å². The van der Waals surface area contributed by atoms with Crippen molar-refractivity contribution in [2.45, 2.75) is 50.9 Å². The lowest BCUT2D eigenvalue weighted by molar-refractivity contribution is -0.142. The van der Waals surface area contributed by atoms with Crippen LogP contribution in [0.4, 0.5) is 0 Å². The SMILES string of the molecule is CC(C)[C@H](NC(=O)c1nccc2ccccc12)C(=O)N1C[C@H](NS(C)(=O)=O)C[C@H]1C(=O)N[C@H](C=O)CC(=O)O. The topological polar surface area (TPSA) is 192 Å². The summed E-state index contributed by atoms with van der Waals surface area (Å²) in [5.41, 5.74) is 0.112. The number of hydrogen-bond donors (Lipinski definition) is 4. The number of fused-ring (bicyclic) bond motifs is 1. The molecule has 1 aromatic carbocycles. The summed E-state index contributed by atoms with van der Waals surface area (Å²) in [6.07, 6.45) is 1.91. The van der Waals surface area contributed by atoms with Gasteiger partial charge in [-0.3, -0.25) is 24.2 Å². The monoisotopic (exact) mass is 561 g/mol. The Morgan fingerprint density at radius 1 is 1.15 bits per heavy atom. The van der Waals surface area contributed by atoms with Crippen molar-refractivity contribution in [3.63, 3.8) is 0 Å². The molecule has 0 aliphatic carbocycles. The predicted molar refractivity (Wildman–Crippen MR) is 140 cm³/mol. The number of rotatable bonds is 11. The molecule has 13 nitrogen and oxygen atoms in total. The molecular weight excluding hydrogens is 530 g/mol. The summed E-state index contributed by atoms with van der Waals surface area (Å²) in [7, 11) is -3.69. The third-order valence-electron chi connectivity index (χ3n) is 6.26. The molecular formula is C25H31N5O8S. The summed E-state index contributed by atoms with van der Waals surface area (Å²) in [4.78, 5) is 67.7. The van der Waals surface area contributed by atoms with Crippen LogP contribution in [-0.2, 0) is 29.2 Å². The maximum atomic E-state index is 13.7. The number of carboxylic acids is 1. The van der Waals surface area contributed by atoms with Crippen molar-refractivity contribution in [3.8, 4) is 0 Å². The fourth-order valence-corrected chi connectivity index (χ4v) is 5.30. The zero-order valence-corrected chi connectivity index (χ0v) is 22.5. The molecule has 3 rings (SSSR count). The molecule has 39 heavy (non-hydrogen) atoms. The average Bonchev–Trinajstić information content (AvgIpc) is 3.27. The third-order valence-corrected chi connectivity index (χ3v) is 7.02. The van der Waals surface area contributed by atoms with Gasteiger partial charge in [0.15, 0.2) is 0 Å². The lowest BCUT2D eigenvalue weighted by Gasteiger charge is -2.30. The number of carbonyl (C=O) groups is 5. The fraction of sp³-hybridized carbons (Fsp3) is 0.440. The highest BCUT2D eigenvalue weighted by molar-refractivity contribution is 7.88. The molecule has 1 aliphatic heterocycles. The molecule has 3 amide bonds. The number of benzene rings is 1. The number of aliphatic carboxylic acids is 1. The van der Waals surface area contributed by atoms with Gasteiger partial charge in [-0.05, 0) is 23.8 Å². The van der Waals surface area contributed by atoms with Crippen molar-refractivity contribution < 1.29 is 37.5 Å². The Balaban J connectivity index is 1.88. The van der Waals surface area contributed by atoms with E-state index in [9.17, 15) is 32.4 Å². The maximum Gasteiger partial charge on any atom is 0.305 e. The first-order valence-corrected chi connectivity index (χ1v) is 14.1. The van der Waals surface area contributed by atoms with E-state index >= 15 is 0 Å². The first kappa shape index (κ1) is 29.6. The number of amides is 3. The largest absolute Gasteiger partial charge is 0.481 e. The molecule has 1 aliphatic rings. The second-order valence-corrected chi connectivity index (χ2v) is 11.5. The molecule has 4 N–H and O–H groups in total. The number of aromatic nitrogens is 1. The first-order chi connectivity index (χ1) is 18.3. The minimum absolute atomic E-state index is 0.112. The van der Waals surface area contributed by atoms with Crippen LogP contribution >= 0.6 is 0 Å². The van der Waals surface area contributed by atoms with Gasteiger partial charge < -0.3 is 25.4 Å². The highest BCUT2D eigenvalue weighted by Gasteiger charge is 2.44. The van der Waals surface area contributed by atoms with Gasteiger partial charge in [0.2, 0.25) is 21.8 Å². The van der Waals surface area contributed by atoms with E-state index in [1.165, 1.54) is 6.20 Å². The normalized spacial score (nSPS) is 18.9. The minimum atomic E-state index is -3.69. The molecule has 0 radical (unpaired) electrons. The van der Waals surface area contributed by atoms with E-state index in [0.29, 0.717) is 5.39 Å². The number of pyridine rings is 1. The smallest absolute Gasteiger partial charge is 0.305 e. The van der Waals surface area contributed by atoms with E-state index in [2.05, 4.69) is 20.3 Å². The van der Waals surface area contributed by atoms with Gasteiger partial charge in [0, 0.05) is 24.2 Å². The average molecular weight is 562 g/mol. The molecule has 2 heterocycles. The van der Waals surface area contributed by atoms with Crippen molar-refractivity contribution in [2.75, 3.05) is 12.8 Å². The predicted octanol–water partition coefficient (Wildman–Crippen LogP) is -0.334. The second-order valence-electron chi connectivity index (χ2n) is 9.75. The first-order valence-electron chi connectivity index (χ1n) is 12.2. The van der Waals surface area contributed by atoms with Crippen LogP contribution in [-0.4, -0.2) is 90.4 Å². The molecule has 4 atom stereocenters. The lowest BCUT2D eigenvalue weighted by atomic mass is 10.0. The number of carbonyl (C=O) groups excluding carboxylic acids is 4. The highest BCUT2D eigenvalue weighted by atomic mass is 32.2. The third kappa shape index (κ3) is 7.57. The number of aldehydes is 1. The van der Waals surface area contributed by atoms with Crippen LogP contribution in [0.2, 0.25) is 0 Å². The van der Waals surface area contributed by atoms with Gasteiger partial charge in [0.1, 0.15) is 24.1 Å². The molecule has 1 saturated heterocycles. The Bertz CT molecular complexity index is 1370. The van der Waals surface area contributed by atoms with Gasteiger partial charge in [-0.25, -0.2) is 13.1 Å². The van der Waals surface area contributed by atoms with Crippen LogP contribution in [0.5, 0.6) is 0 Å². The van der Waals surface area contributed by atoms with E-state index in [1.54, 1.807) is 32.0 Å². The van der Waals surface area contributed by atoms with E-state index in [0.717, 1.165) is 16.5 Å². The van der Waals surface area contributed by atoms with E-state index in [1.807, 2.05) is 12.1 Å². The van der Waals surface area contributed by atoms with Crippen LogP contribution in [0.15, 0.2) is 36.5 Å². The van der Waals surface area contributed by atoms with Gasteiger partial charge in [0.05, 0.1) is 18.7 Å². The summed E-state index contributed by atoms with van der Waals surface area (Å²) >= 11 is 0. The minimum Gasteiger partial charge on any atom is -0.481 e. The summed E-state index contributed by atoms with van der Waals surface area (Å²) in [6, 6.07) is 4.37. The Morgan fingerprint density at radius 3 is 2.46 bits per heavy atom. The van der Waals surface area contributed by atoms with Gasteiger partial charge in [0.25, 0.3) is 5.91 Å². The lowest BCUT2D eigenvalue weighted by Crippen LogP contribution is -2.56. The zero-order chi connectivity index (χ0) is 28.9. The molecule has 2 aromatic rings. The molecule has 1 aromatic heterocycles. The fourth-order valence-electron chi connectivity index (χ4n) is 4.52.